The zero-order valence-corrected chi connectivity index (χ0v) is 16.0. The summed E-state index contributed by atoms with van der Waals surface area (Å²) in [4.78, 5) is 39.0. The maximum Gasteiger partial charge on any atom is 0.255 e. The molecule has 1 atom stereocenters. The van der Waals surface area contributed by atoms with Crippen molar-refractivity contribution in [3.05, 3.63) is 64.2 Å². The predicted octanol–water partition coefficient (Wildman–Crippen LogP) is 3.39. The highest BCUT2D eigenvalue weighted by atomic mass is 35.5. The Labute approximate surface area is 166 Å². The van der Waals surface area contributed by atoms with Crippen LogP contribution in [0.3, 0.4) is 0 Å². The monoisotopic (exact) mass is 400 g/mol. The van der Waals surface area contributed by atoms with Gasteiger partial charge in [-0.3, -0.25) is 19.7 Å². The molecule has 27 heavy (non-hydrogen) atoms. The van der Waals surface area contributed by atoms with Gasteiger partial charge in [-0.15, -0.1) is 11.8 Å². The Morgan fingerprint density at radius 1 is 1.11 bits per heavy atom. The third-order valence-corrected chi connectivity index (χ3v) is 6.27. The highest BCUT2D eigenvalue weighted by Gasteiger charge is 2.39. The Hall–Kier alpha value is -2.31. The second kappa shape index (κ2) is 7.37. The molecule has 0 radical (unpaired) electrons. The van der Waals surface area contributed by atoms with Crippen LogP contribution >= 0.6 is 23.4 Å². The van der Waals surface area contributed by atoms with Gasteiger partial charge in [0.15, 0.2) is 0 Å². The van der Waals surface area contributed by atoms with E-state index < -0.39 is 6.04 Å². The third kappa shape index (κ3) is 3.59. The summed E-state index contributed by atoms with van der Waals surface area (Å²) < 4.78 is 0. The number of benzene rings is 2. The second-order valence-corrected chi connectivity index (χ2v) is 8.05. The first kappa shape index (κ1) is 18.1. The van der Waals surface area contributed by atoms with Crippen LogP contribution in [0.1, 0.15) is 34.3 Å². The molecule has 1 saturated heterocycles. The molecule has 0 saturated carbocycles. The van der Waals surface area contributed by atoms with Gasteiger partial charge in [-0.2, -0.15) is 0 Å². The van der Waals surface area contributed by atoms with Gasteiger partial charge in [0, 0.05) is 34.2 Å². The molecule has 0 aromatic heterocycles. The molecular weight excluding hydrogens is 384 g/mol. The molecule has 4 rings (SSSR count). The van der Waals surface area contributed by atoms with Crippen LogP contribution in [0.2, 0.25) is 5.02 Å². The number of fused-ring (bicyclic) bond motifs is 1. The van der Waals surface area contributed by atoms with Crippen LogP contribution in [0, 0.1) is 0 Å². The number of amides is 3. The van der Waals surface area contributed by atoms with E-state index in [-0.39, 0.29) is 24.1 Å². The van der Waals surface area contributed by atoms with E-state index in [1.165, 1.54) is 0 Å². The predicted molar refractivity (Wildman–Crippen MR) is 104 cm³/mol. The fourth-order valence-electron chi connectivity index (χ4n) is 3.43. The van der Waals surface area contributed by atoms with Crippen molar-refractivity contribution >= 4 is 41.1 Å². The van der Waals surface area contributed by atoms with Crippen LogP contribution in [0.5, 0.6) is 0 Å². The van der Waals surface area contributed by atoms with Crippen LogP contribution < -0.4 is 5.32 Å². The Morgan fingerprint density at radius 3 is 2.63 bits per heavy atom. The number of halogens is 1. The van der Waals surface area contributed by atoms with Crippen molar-refractivity contribution in [1.82, 2.24) is 10.2 Å². The van der Waals surface area contributed by atoms with Gasteiger partial charge in [0.2, 0.25) is 11.8 Å². The van der Waals surface area contributed by atoms with Crippen molar-refractivity contribution in [1.29, 1.82) is 0 Å². The van der Waals surface area contributed by atoms with Crippen molar-refractivity contribution in [2.24, 2.45) is 0 Å². The molecule has 138 valence electrons. The Morgan fingerprint density at radius 2 is 1.89 bits per heavy atom. The lowest BCUT2D eigenvalue weighted by atomic mass is 10.0. The van der Waals surface area contributed by atoms with Gasteiger partial charge in [-0.05, 0) is 41.8 Å². The minimum Gasteiger partial charge on any atom is -0.322 e. The first-order valence-electron chi connectivity index (χ1n) is 8.67. The van der Waals surface area contributed by atoms with Gasteiger partial charge >= 0.3 is 0 Å². The zero-order chi connectivity index (χ0) is 19.0. The number of thioether (sulfide) groups is 1. The van der Waals surface area contributed by atoms with Gasteiger partial charge in [-0.1, -0.05) is 29.8 Å². The highest BCUT2D eigenvalue weighted by molar-refractivity contribution is 7.98. The highest BCUT2D eigenvalue weighted by Crippen LogP contribution is 2.35. The lowest BCUT2D eigenvalue weighted by Gasteiger charge is -2.29. The van der Waals surface area contributed by atoms with E-state index in [0.717, 1.165) is 21.8 Å². The first-order chi connectivity index (χ1) is 13.0. The Balaban J connectivity index is 1.53. The molecule has 0 aliphatic carbocycles. The largest absolute Gasteiger partial charge is 0.322 e. The maximum atomic E-state index is 12.8. The molecule has 2 aliphatic heterocycles. The molecular formula is C20H17ClN2O3S. The van der Waals surface area contributed by atoms with E-state index in [0.29, 0.717) is 23.6 Å². The van der Waals surface area contributed by atoms with Crippen LogP contribution in [-0.2, 0) is 21.9 Å². The van der Waals surface area contributed by atoms with Gasteiger partial charge in [0.25, 0.3) is 5.91 Å². The normalized spacial score (nSPS) is 19.2. The van der Waals surface area contributed by atoms with Crippen molar-refractivity contribution < 1.29 is 14.4 Å². The Bertz CT molecular complexity index is 929. The average Bonchev–Trinajstić information content (AvgIpc) is 2.99. The Kier molecular flexibility index (Phi) is 4.93. The molecule has 1 N–H and O–H groups in total. The van der Waals surface area contributed by atoms with Crippen molar-refractivity contribution in [3.63, 3.8) is 0 Å². The molecule has 0 bridgehead atoms. The lowest BCUT2D eigenvalue weighted by Crippen LogP contribution is -2.52. The van der Waals surface area contributed by atoms with E-state index in [2.05, 4.69) is 5.32 Å². The van der Waals surface area contributed by atoms with Crippen molar-refractivity contribution in [2.45, 2.75) is 36.1 Å². The van der Waals surface area contributed by atoms with Crippen LogP contribution in [0.15, 0.2) is 47.4 Å². The summed E-state index contributed by atoms with van der Waals surface area (Å²) in [5.41, 5.74) is 2.74. The summed E-state index contributed by atoms with van der Waals surface area (Å²) in [6.07, 6.45) is 0.631. The van der Waals surface area contributed by atoms with Gasteiger partial charge in [0.1, 0.15) is 6.04 Å². The molecule has 1 unspecified atom stereocenters. The molecule has 0 spiro atoms. The number of piperidine rings is 1. The zero-order valence-electron chi connectivity index (χ0n) is 14.4. The van der Waals surface area contributed by atoms with Gasteiger partial charge in [0.05, 0.1) is 0 Å². The number of carbonyl (C=O) groups is 3. The average molecular weight is 401 g/mol. The van der Waals surface area contributed by atoms with Crippen LogP contribution in [-0.4, -0.2) is 28.7 Å². The quantitative estimate of drug-likeness (QED) is 0.631. The molecule has 2 aromatic carbocycles. The summed E-state index contributed by atoms with van der Waals surface area (Å²) in [7, 11) is 0. The molecule has 2 heterocycles. The van der Waals surface area contributed by atoms with E-state index in [4.69, 9.17) is 11.6 Å². The fraction of sp³-hybridized carbons (Fsp3) is 0.250. The molecule has 7 heteroatoms. The minimum absolute atomic E-state index is 0.145. The lowest BCUT2D eigenvalue weighted by molar-refractivity contribution is -0.136. The van der Waals surface area contributed by atoms with E-state index in [1.54, 1.807) is 22.7 Å². The van der Waals surface area contributed by atoms with Gasteiger partial charge in [-0.25, -0.2) is 0 Å². The number of imide groups is 1. The second-order valence-electron chi connectivity index (χ2n) is 6.60. The van der Waals surface area contributed by atoms with Crippen LogP contribution in [0.4, 0.5) is 0 Å². The number of hydrogen-bond donors (Lipinski definition) is 1. The number of rotatable bonds is 4. The van der Waals surface area contributed by atoms with E-state index in [9.17, 15) is 14.4 Å². The van der Waals surface area contributed by atoms with Gasteiger partial charge < -0.3 is 4.90 Å². The number of hydrogen-bond acceptors (Lipinski definition) is 4. The van der Waals surface area contributed by atoms with E-state index in [1.807, 2.05) is 36.4 Å². The molecule has 3 amide bonds. The third-order valence-electron chi connectivity index (χ3n) is 4.85. The van der Waals surface area contributed by atoms with Crippen LogP contribution in [0.25, 0.3) is 0 Å². The SMILES string of the molecule is O=C1CCC(N2Cc3c(SCc4ccc(Cl)cc4)cccc3C2=O)C(=O)N1. The van der Waals surface area contributed by atoms with Crippen molar-refractivity contribution in [2.75, 3.05) is 0 Å². The fourth-order valence-corrected chi connectivity index (χ4v) is 4.60. The number of nitrogens with one attached hydrogen (secondary N) is 1. The molecule has 5 nitrogen and oxygen atoms in total. The van der Waals surface area contributed by atoms with Crippen molar-refractivity contribution in [3.8, 4) is 0 Å². The number of carbonyl (C=O) groups excluding carboxylic acids is 3. The molecule has 1 fully saturated rings. The first-order valence-corrected chi connectivity index (χ1v) is 10.0. The summed E-state index contributed by atoms with van der Waals surface area (Å²) >= 11 is 7.59. The maximum absolute atomic E-state index is 12.8. The summed E-state index contributed by atoms with van der Waals surface area (Å²) in [5, 5.41) is 3.04. The summed E-state index contributed by atoms with van der Waals surface area (Å²) in [5.74, 6) is -0.0453. The summed E-state index contributed by atoms with van der Waals surface area (Å²) in [6.45, 7) is 0.393. The standard InChI is InChI=1S/C20H17ClN2O3S/c21-13-6-4-12(5-7-13)11-27-17-3-1-2-14-15(17)10-23(20(14)26)16-8-9-18(24)22-19(16)25/h1-7,16H,8-11H2,(H,22,24,25). The van der Waals surface area contributed by atoms with E-state index >= 15 is 0 Å². The number of nitrogens with zero attached hydrogens (tertiary/aromatic N) is 1. The summed E-state index contributed by atoms with van der Waals surface area (Å²) in [6, 6.07) is 12.8. The molecule has 2 aromatic rings. The minimum atomic E-state index is -0.586. The molecule has 2 aliphatic rings. The smallest absolute Gasteiger partial charge is 0.255 e. The topological polar surface area (TPSA) is 66.5 Å².